The van der Waals surface area contributed by atoms with Crippen LogP contribution >= 0.6 is 27.5 Å². The van der Waals surface area contributed by atoms with Crippen LogP contribution in [0.4, 0.5) is 0 Å². The van der Waals surface area contributed by atoms with Gasteiger partial charge < -0.3 is 9.73 Å². The van der Waals surface area contributed by atoms with Crippen molar-refractivity contribution in [3.63, 3.8) is 0 Å². The van der Waals surface area contributed by atoms with Crippen LogP contribution in [0.5, 0.6) is 0 Å². The Hall–Kier alpha value is -0.480. The summed E-state index contributed by atoms with van der Waals surface area (Å²) in [7, 11) is 0. The van der Waals surface area contributed by atoms with Crippen LogP contribution in [0.2, 0.25) is 5.22 Å². The quantitative estimate of drug-likeness (QED) is 0.863. The van der Waals surface area contributed by atoms with Crippen molar-refractivity contribution in [3.05, 3.63) is 23.1 Å². The van der Waals surface area contributed by atoms with Crippen molar-refractivity contribution in [3.8, 4) is 0 Å². The van der Waals surface area contributed by atoms with Gasteiger partial charge in [-0.1, -0.05) is 22.4 Å². The molecular formula is C12H15BrClNO2. The molecule has 94 valence electrons. The zero-order chi connectivity index (χ0) is 12.3. The third-order valence-electron chi connectivity index (χ3n) is 3.34. The molecule has 0 aliphatic heterocycles. The molecule has 1 N–H and O–H groups in total. The number of furan rings is 1. The molecule has 3 nitrogen and oxygen atoms in total. The van der Waals surface area contributed by atoms with E-state index in [0.29, 0.717) is 18.4 Å². The van der Waals surface area contributed by atoms with Gasteiger partial charge in [0.15, 0.2) is 11.0 Å². The SMILES string of the molecule is O=C(NCC1CCCC1CBr)c1ccc(Cl)o1. The average molecular weight is 321 g/mol. The van der Waals surface area contributed by atoms with Gasteiger partial charge in [-0.05, 0) is 48.4 Å². The van der Waals surface area contributed by atoms with Crippen LogP contribution < -0.4 is 5.32 Å². The van der Waals surface area contributed by atoms with Crippen molar-refractivity contribution in [2.45, 2.75) is 19.3 Å². The molecule has 1 aromatic rings. The predicted molar refractivity (Wildman–Crippen MR) is 70.7 cm³/mol. The monoisotopic (exact) mass is 319 g/mol. The minimum Gasteiger partial charge on any atom is -0.440 e. The summed E-state index contributed by atoms with van der Waals surface area (Å²) in [5.74, 6) is 1.35. The minimum absolute atomic E-state index is 0.183. The molecule has 5 heteroatoms. The van der Waals surface area contributed by atoms with E-state index in [-0.39, 0.29) is 16.9 Å². The van der Waals surface area contributed by atoms with Crippen LogP contribution in [0.1, 0.15) is 29.8 Å². The largest absolute Gasteiger partial charge is 0.440 e. The summed E-state index contributed by atoms with van der Waals surface area (Å²) >= 11 is 9.15. The highest BCUT2D eigenvalue weighted by Crippen LogP contribution is 2.32. The number of nitrogens with one attached hydrogen (secondary N) is 1. The molecule has 1 saturated carbocycles. The second-order valence-corrected chi connectivity index (χ2v) is 5.44. The fourth-order valence-corrected chi connectivity index (χ4v) is 3.33. The second kappa shape index (κ2) is 5.91. The maximum atomic E-state index is 11.7. The minimum atomic E-state index is -0.183. The number of carbonyl (C=O) groups is 1. The summed E-state index contributed by atoms with van der Waals surface area (Å²) < 4.78 is 5.06. The molecule has 0 aromatic carbocycles. The summed E-state index contributed by atoms with van der Waals surface area (Å²) in [6, 6.07) is 3.17. The van der Waals surface area contributed by atoms with Gasteiger partial charge in [-0.3, -0.25) is 4.79 Å². The number of hydrogen-bond acceptors (Lipinski definition) is 2. The van der Waals surface area contributed by atoms with Crippen molar-refractivity contribution in [2.24, 2.45) is 11.8 Å². The van der Waals surface area contributed by atoms with E-state index in [2.05, 4.69) is 21.2 Å². The summed E-state index contributed by atoms with van der Waals surface area (Å²) in [6.45, 7) is 0.716. The smallest absolute Gasteiger partial charge is 0.287 e. The predicted octanol–water partition coefficient (Wildman–Crippen LogP) is 3.47. The lowest BCUT2D eigenvalue weighted by Gasteiger charge is -2.17. The van der Waals surface area contributed by atoms with Crippen LogP contribution in [-0.2, 0) is 0 Å². The molecule has 1 aromatic heterocycles. The Balaban J connectivity index is 1.84. The van der Waals surface area contributed by atoms with E-state index in [1.165, 1.54) is 19.3 Å². The van der Waals surface area contributed by atoms with Gasteiger partial charge in [0.2, 0.25) is 0 Å². The number of carbonyl (C=O) groups excluding carboxylic acids is 1. The van der Waals surface area contributed by atoms with E-state index in [1.807, 2.05) is 0 Å². The number of hydrogen-bond donors (Lipinski definition) is 1. The van der Waals surface area contributed by atoms with Crippen LogP contribution in [0.15, 0.2) is 16.5 Å². The van der Waals surface area contributed by atoms with Crippen LogP contribution in [0.3, 0.4) is 0 Å². The first-order valence-electron chi connectivity index (χ1n) is 5.80. The first kappa shape index (κ1) is 13.0. The average Bonchev–Trinajstić information content (AvgIpc) is 2.94. The van der Waals surface area contributed by atoms with Gasteiger partial charge in [-0.25, -0.2) is 0 Å². The Morgan fingerprint density at radius 2 is 2.24 bits per heavy atom. The Morgan fingerprint density at radius 3 is 2.88 bits per heavy atom. The Morgan fingerprint density at radius 1 is 1.47 bits per heavy atom. The molecule has 1 aliphatic rings. The van der Waals surface area contributed by atoms with E-state index < -0.39 is 0 Å². The van der Waals surface area contributed by atoms with Crippen molar-refractivity contribution in [1.82, 2.24) is 5.32 Å². The van der Waals surface area contributed by atoms with Gasteiger partial charge >= 0.3 is 0 Å². The zero-order valence-electron chi connectivity index (χ0n) is 9.42. The zero-order valence-corrected chi connectivity index (χ0v) is 11.8. The molecule has 2 unspecified atom stereocenters. The lowest BCUT2D eigenvalue weighted by molar-refractivity contribution is 0.0917. The van der Waals surface area contributed by atoms with Crippen molar-refractivity contribution >= 4 is 33.4 Å². The molecule has 0 bridgehead atoms. The number of halogens is 2. The topological polar surface area (TPSA) is 42.2 Å². The number of amides is 1. The van der Waals surface area contributed by atoms with Crippen LogP contribution in [-0.4, -0.2) is 17.8 Å². The Bertz CT molecular complexity index is 394. The Labute approximate surface area is 114 Å². The first-order chi connectivity index (χ1) is 8.20. The molecule has 1 aliphatic carbocycles. The van der Waals surface area contributed by atoms with Crippen molar-refractivity contribution < 1.29 is 9.21 Å². The molecule has 1 fully saturated rings. The van der Waals surface area contributed by atoms with Gasteiger partial charge in [0.05, 0.1) is 0 Å². The standard InChI is InChI=1S/C12H15BrClNO2/c13-6-8-2-1-3-9(8)7-15-12(16)10-4-5-11(14)17-10/h4-5,8-9H,1-3,6-7H2,(H,15,16). The maximum Gasteiger partial charge on any atom is 0.287 e. The van der Waals surface area contributed by atoms with Gasteiger partial charge in [-0.2, -0.15) is 0 Å². The highest BCUT2D eigenvalue weighted by molar-refractivity contribution is 9.09. The molecule has 2 rings (SSSR count). The summed E-state index contributed by atoms with van der Waals surface area (Å²) in [6.07, 6.45) is 3.69. The molecule has 0 radical (unpaired) electrons. The molecule has 0 spiro atoms. The fourth-order valence-electron chi connectivity index (χ4n) is 2.33. The molecule has 0 saturated heterocycles. The highest BCUT2D eigenvalue weighted by Gasteiger charge is 2.26. The molecule has 1 heterocycles. The second-order valence-electron chi connectivity index (χ2n) is 4.42. The van der Waals surface area contributed by atoms with Crippen molar-refractivity contribution in [1.29, 1.82) is 0 Å². The molecule has 17 heavy (non-hydrogen) atoms. The van der Waals surface area contributed by atoms with Crippen molar-refractivity contribution in [2.75, 3.05) is 11.9 Å². The molecule has 2 atom stereocenters. The molecular weight excluding hydrogens is 305 g/mol. The normalized spacial score (nSPS) is 23.9. The Kier molecular flexibility index (Phi) is 4.51. The fraction of sp³-hybridized carbons (Fsp3) is 0.583. The lowest BCUT2D eigenvalue weighted by Crippen LogP contribution is -2.30. The van der Waals surface area contributed by atoms with Gasteiger partial charge in [0.25, 0.3) is 5.91 Å². The third kappa shape index (κ3) is 3.26. The van der Waals surface area contributed by atoms with Crippen LogP contribution in [0.25, 0.3) is 0 Å². The van der Waals surface area contributed by atoms with E-state index in [0.717, 1.165) is 5.33 Å². The van der Waals surface area contributed by atoms with Gasteiger partial charge in [-0.15, -0.1) is 0 Å². The summed E-state index contributed by atoms with van der Waals surface area (Å²) in [5.41, 5.74) is 0. The van der Waals surface area contributed by atoms with E-state index in [1.54, 1.807) is 12.1 Å². The van der Waals surface area contributed by atoms with E-state index in [9.17, 15) is 4.79 Å². The third-order valence-corrected chi connectivity index (χ3v) is 4.37. The first-order valence-corrected chi connectivity index (χ1v) is 7.30. The van der Waals surface area contributed by atoms with Crippen LogP contribution in [0, 0.1) is 11.8 Å². The summed E-state index contributed by atoms with van der Waals surface area (Å²) in [5, 5.41) is 4.17. The maximum absolute atomic E-state index is 11.7. The number of rotatable bonds is 4. The number of alkyl halides is 1. The van der Waals surface area contributed by atoms with Gasteiger partial charge in [0.1, 0.15) is 0 Å². The lowest BCUT2D eigenvalue weighted by atomic mass is 9.98. The van der Waals surface area contributed by atoms with E-state index in [4.69, 9.17) is 16.0 Å². The van der Waals surface area contributed by atoms with E-state index >= 15 is 0 Å². The highest BCUT2D eigenvalue weighted by atomic mass is 79.9. The van der Waals surface area contributed by atoms with Gasteiger partial charge in [0, 0.05) is 11.9 Å². The summed E-state index contributed by atoms with van der Waals surface area (Å²) in [4.78, 5) is 11.7. The molecule has 1 amide bonds.